The normalized spacial score (nSPS) is 10.9. The van der Waals surface area contributed by atoms with Gasteiger partial charge in [-0.1, -0.05) is 95.9 Å². The number of aryl methyl sites for hydroxylation is 1. The third-order valence-electron chi connectivity index (χ3n) is 5.18. The summed E-state index contributed by atoms with van der Waals surface area (Å²) in [6.45, 7) is 5.25. The van der Waals surface area contributed by atoms with E-state index in [2.05, 4.69) is 48.1 Å². The fourth-order valence-electron chi connectivity index (χ4n) is 3.34. The molecule has 154 valence electrons. The first-order chi connectivity index (χ1) is 13.8. The van der Waals surface area contributed by atoms with Crippen LogP contribution in [0, 0.1) is 0 Å². The van der Waals surface area contributed by atoms with Crippen molar-refractivity contribution in [3.63, 3.8) is 0 Å². The van der Waals surface area contributed by atoms with Gasteiger partial charge >= 0.3 is 0 Å². The minimum Gasteiger partial charge on any atom is -0.490 e. The van der Waals surface area contributed by atoms with Crippen LogP contribution in [0.25, 0.3) is 11.4 Å². The molecule has 3 nitrogen and oxygen atoms in total. The highest BCUT2D eigenvalue weighted by Crippen LogP contribution is 2.18. The monoisotopic (exact) mass is 382 g/mol. The topological polar surface area (TPSA) is 35.0 Å². The molecule has 2 rings (SSSR count). The van der Waals surface area contributed by atoms with Gasteiger partial charge in [0.1, 0.15) is 0 Å². The van der Waals surface area contributed by atoms with E-state index in [0.29, 0.717) is 0 Å². The van der Waals surface area contributed by atoms with E-state index >= 15 is 0 Å². The van der Waals surface area contributed by atoms with E-state index in [1.165, 1.54) is 69.8 Å². The van der Waals surface area contributed by atoms with Crippen molar-refractivity contribution in [2.24, 2.45) is 0 Å². The third-order valence-corrected chi connectivity index (χ3v) is 5.18. The smallest absolute Gasteiger partial charge is 0.159 e. The first-order valence-corrected chi connectivity index (χ1v) is 11.4. The van der Waals surface area contributed by atoms with Gasteiger partial charge in [-0.15, -0.1) is 0 Å². The Kier molecular flexibility index (Phi) is 11.3. The average Bonchev–Trinajstić information content (AvgIpc) is 2.74. The van der Waals surface area contributed by atoms with E-state index in [1.807, 2.05) is 0 Å². The van der Waals surface area contributed by atoms with Gasteiger partial charge in [0.05, 0.1) is 19.0 Å². The minimum atomic E-state index is 0.755. The highest BCUT2D eigenvalue weighted by Gasteiger charge is 2.03. The first-order valence-electron chi connectivity index (χ1n) is 11.4. The van der Waals surface area contributed by atoms with Gasteiger partial charge in [0, 0.05) is 5.56 Å². The third kappa shape index (κ3) is 8.86. The van der Waals surface area contributed by atoms with E-state index in [0.717, 1.165) is 36.6 Å². The quantitative estimate of drug-likeness (QED) is 0.301. The van der Waals surface area contributed by atoms with Gasteiger partial charge in [-0.3, -0.25) is 0 Å². The van der Waals surface area contributed by atoms with Crippen LogP contribution in [-0.4, -0.2) is 16.6 Å². The van der Waals surface area contributed by atoms with Crippen molar-refractivity contribution < 1.29 is 4.74 Å². The maximum atomic E-state index is 5.79. The molecule has 2 aromatic rings. The lowest BCUT2D eigenvalue weighted by Gasteiger charge is -2.07. The molecule has 28 heavy (non-hydrogen) atoms. The molecule has 3 heteroatoms. The van der Waals surface area contributed by atoms with Crippen molar-refractivity contribution >= 4 is 0 Å². The Labute approximate surface area is 172 Å². The molecule has 0 saturated carbocycles. The Morgan fingerprint density at radius 2 is 1.25 bits per heavy atom. The number of nitrogens with zero attached hydrogens (tertiary/aromatic N) is 2. The van der Waals surface area contributed by atoms with E-state index in [9.17, 15) is 0 Å². The number of hydrogen-bond donors (Lipinski definition) is 0. The van der Waals surface area contributed by atoms with E-state index in [1.54, 1.807) is 12.4 Å². The van der Waals surface area contributed by atoms with Crippen LogP contribution in [0.5, 0.6) is 5.75 Å². The van der Waals surface area contributed by atoms with Gasteiger partial charge in [0.2, 0.25) is 0 Å². The second-order valence-electron chi connectivity index (χ2n) is 7.72. The Balaban J connectivity index is 1.62. The number of benzene rings is 1. The lowest BCUT2D eigenvalue weighted by Crippen LogP contribution is -1.99. The van der Waals surface area contributed by atoms with Gasteiger partial charge in [-0.05, 0) is 24.8 Å². The summed E-state index contributed by atoms with van der Waals surface area (Å²) in [6.07, 6.45) is 19.1. The lowest BCUT2D eigenvalue weighted by atomic mass is 10.1. The molecule has 1 aromatic heterocycles. The van der Waals surface area contributed by atoms with Crippen LogP contribution < -0.4 is 4.74 Å². The molecule has 1 heterocycles. The number of hydrogen-bond acceptors (Lipinski definition) is 3. The Morgan fingerprint density at radius 3 is 1.86 bits per heavy atom. The highest BCUT2D eigenvalue weighted by molar-refractivity contribution is 5.55. The van der Waals surface area contributed by atoms with Gasteiger partial charge < -0.3 is 4.74 Å². The standard InChI is InChI=1S/C25H38N2O/c1-3-5-7-8-9-10-11-12-13-19-28-24-20-26-25(27-21-24)23-17-15-22(16-18-23)14-6-4-2/h15-18,20-21H,3-14,19H2,1-2H3. The largest absolute Gasteiger partial charge is 0.490 e. The SMILES string of the molecule is CCCCCCCCCCCOc1cnc(-c2ccc(CCCC)cc2)nc1. The van der Waals surface area contributed by atoms with Gasteiger partial charge in [-0.25, -0.2) is 9.97 Å². The van der Waals surface area contributed by atoms with Crippen LogP contribution in [0.3, 0.4) is 0 Å². The van der Waals surface area contributed by atoms with Crippen molar-refractivity contribution in [2.75, 3.05) is 6.61 Å². The summed E-state index contributed by atoms with van der Waals surface area (Å²) in [5, 5.41) is 0. The zero-order valence-corrected chi connectivity index (χ0v) is 18.0. The molecule has 0 aliphatic heterocycles. The second kappa shape index (κ2) is 14.1. The van der Waals surface area contributed by atoms with Crippen LogP contribution in [0.15, 0.2) is 36.7 Å². The molecule has 1 aromatic carbocycles. The Bertz CT molecular complexity index is 622. The molecule has 0 aliphatic rings. The predicted octanol–water partition coefficient (Wildman–Crippen LogP) is 7.40. The van der Waals surface area contributed by atoms with Crippen molar-refractivity contribution in [1.82, 2.24) is 9.97 Å². The van der Waals surface area contributed by atoms with Crippen molar-refractivity contribution in [3.05, 3.63) is 42.2 Å². The van der Waals surface area contributed by atoms with Crippen molar-refractivity contribution in [2.45, 2.75) is 90.9 Å². The zero-order chi connectivity index (χ0) is 19.9. The predicted molar refractivity (Wildman–Crippen MR) is 119 cm³/mol. The molecular formula is C25H38N2O. The van der Waals surface area contributed by atoms with Crippen LogP contribution in [-0.2, 0) is 6.42 Å². The maximum Gasteiger partial charge on any atom is 0.159 e. The molecule has 0 fully saturated rings. The number of rotatable bonds is 15. The van der Waals surface area contributed by atoms with Crippen LogP contribution in [0.2, 0.25) is 0 Å². The average molecular weight is 383 g/mol. The molecule has 0 bridgehead atoms. The van der Waals surface area contributed by atoms with E-state index in [4.69, 9.17) is 4.74 Å². The summed E-state index contributed by atoms with van der Waals surface area (Å²) < 4.78 is 5.79. The first kappa shape index (κ1) is 22.4. The van der Waals surface area contributed by atoms with Gasteiger partial charge in [-0.2, -0.15) is 0 Å². The summed E-state index contributed by atoms with van der Waals surface area (Å²) >= 11 is 0. The van der Waals surface area contributed by atoms with Crippen molar-refractivity contribution in [1.29, 1.82) is 0 Å². The van der Waals surface area contributed by atoms with Gasteiger partial charge in [0.25, 0.3) is 0 Å². The molecule has 0 aliphatic carbocycles. The summed E-state index contributed by atoms with van der Waals surface area (Å²) in [6, 6.07) is 8.59. The molecule has 0 spiro atoms. The van der Waals surface area contributed by atoms with Crippen LogP contribution in [0.1, 0.15) is 90.0 Å². The van der Waals surface area contributed by atoms with Crippen LogP contribution in [0.4, 0.5) is 0 Å². The summed E-state index contributed by atoms with van der Waals surface area (Å²) in [5.41, 5.74) is 2.44. The molecule has 0 saturated heterocycles. The van der Waals surface area contributed by atoms with Crippen LogP contribution >= 0.6 is 0 Å². The summed E-state index contributed by atoms with van der Waals surface area (Å²) in [4.78, 5) is 8.94. The number of unbranched alkanes of at least 4 members (excludes halogenated alkanes) is 9. The highest BCUT2D eigenvalue weighted by atomic mass is 16.5. The second-order valence-corrected chi connectivity index (χ2v) is 7.72. The minimum absolute atomic E-state index is 0.755. The lowest BCUT2D eigenvalue weighted by molar-refractivity contribution is 0.302. The zero-order valence-electron chi connectivity index (χ0n) is 18.0. The molecular weight excluding hydrogens is 344 g/mol. The van der Waals surface area contributed by atoms with E-state index in [-0.39, 0.29) is 0 Å². The fourth-order valence-corrected chi connectivity index (χ4v) is 3.34. The molecule has 0 radical (unpaired) electrons. The summed E-state index contributed by atoms with van der Waals surface area (Å²) in [7, 11) is 0. The number of aromatic nitrogens is 2. The molecule has 0 atom stereocenters. The molecule has 0 unspecified atom stereocenters. The Hall–Kier alpha value is -1.90. The molecule has 0 N–H and O–H groups in total. The summed E-state index contributed by atoms with van der Waals surface area (Å²) in [5.74, 6) is 1.53. The maximum absolute atomic E-state index is 5.79. The Morgan fingerprint density at radius 1 is 0.679 bits per heavy atom. The molecule has 0 amide bonds. The number of ether oxygens (including phenoxy) is 1. The van der Waals surface area contributed by atoms with Crippen molar-refractivity contribution in [3.8, 4) is 17.1 Å². The van der Waals surface area contributed by atoms with Gasteiger partial charge in [0.15, 0.2) is 11.6 Å². The fraction of sp³-hybridized carbons (Fsp3) is 0.600. The van der Waals surface area contributed by atoms with E-state index < -0.39 is 0 Å².